The minimum absolute atomic E-state index is 0.0984. The number of benzene rings is 1. The molecule has 1 aliphatic heterocycles. The van der Waals surface area contributed by atoms with Crippen LogP contribution in [0.15, 0.2) is 18.2 Å². The molecule has 8 heteroatoms. The predicted molar refractivity (Wildman–Crippen MR) is 76.0 cm³/mol. The fourth-order valence-electron chi connectivity index (χ4n) is 1.68. The molecular formula is C13H18NO6P. The summed E-state index contributed by atoms with van der Waals surface area (Å²) >= 11 is 0. The molecule has 0 bridgehead atoms. The maximum Gasteiger partial charge on any atom is 0.323 e. The van der Waals surface area contributed by atoms with Crippen LogP contribution in [0.25, 0.3) is 0 Å². The Morgan fingerprint density at radius 2 is 2.10 bits per heavy atom. The van der Waals surface area contributed by atoms with Gasteiger partial charge < -0.3 is 18.7 Å². The number of esters is 1. The molecule has 1 aromatic rings. The smallest absolute Gasteiger partial charge is 0.323 e. The molecule has 1 aromatic carbocycles. The van der Waals surface area contributed by atoms with Crippen LogP contribution in [-0.4, -0.2) is 24.9 Å². The van der Waals surface area contributed by atoms with Crippen molar-refractivity contribution in [2.75, 3.05) is 6.79 Å². The molecular weight excluding hydrogens is 297 g/mol. The molecule has 0 aromatic heterocycles. The standard InChI is InChI=1S/C13H18NO6P/c1-8(2)19-13(15)9(3)14-21(16)20-11-6-4-5-10-12(11)18-7-17-10/h4-6,8-9,21H,7H2,1-3H3,(H,14,16)/t9-/m0/s1. The van der Waals surface area contributed by atoms with Gasteiger partial charge in [0.1, 0.15) is 6.04 Å². The number of hydrogen-bond donors (Lipinski definition) is 1. The Balaban J connectivity index is 1.93. The van der Waals surface area contributed by atoms with Gasteiger partial charge in [0.2, 0.25) is 12.5 Å². The SMILES string of the molecule is CC(C)OC(=O)[C@H](C)N[PH](=O)Oc1cccc2c1OCO2. The lowest BCUT2D eigenvalue weighted by Gasteiger charge is -2.15. The number of nitrogens with one attached hydrogen (secondary N) is 1. The Kier molecular flexibility index (Phi) is 5.09. The van der Waals surface area contributed by atoms with E-state index in [1.54, 1.807) is 39.0 Å². The summed E-state index contributed by atoms with van der Waals surface area (Å²) in [7, 11) is -2.68. The summed E-state index contributed by atoms with van der Waals surface area (Å²) in [5.74, 6) is 0.778. The summed E-state index contributed by atoms with van der Waals surface area (Å²) < 4.78 is 32.7. The largest absolute Gasteiger partial charge is 0.462 e. The first-order valence-electron chi connectivity index (χ1n) is 6.55. The third kappa shape index (κ3) is 4.12. The van der Waals surface area contributed by atoms with Crippen molar-refractivity contribution in [3.05, 3.63) is 18.2 Å². The van der Waals surface area contributed by atoms with E-state index in [4.69, 9.17) is 18.7 Å². The van der Waals surface area contributed by atoms with Gasteiger partial charge in [0.15, 0.2) is 11.5 Å². The second-order valence-electron chi connectivity index (χ2n) is 4.73. The highest BCUT2D eigenvalue weighted by atomic mass is 31.1. The number of para-hydroxylation sites is 1. The summed E-state index contributed by atoms with van der Waals surface area (Å²) in [4.78, 5) is 11.6. The molecule has 2 rings (SSSR count). The lowest BCUT2D eigenvalue weighted by molar-refractivity contribution is -0.148. The van der Waals surface area contributed by atoms with Crippen molar-refractivity contribution in [3.8, 4) is 17.2 Å². The van der Waals surface area contributed by atoms with E-state index in [1.807, 2.05) is 0 Å². The maximum absolute atomic E-state index is 12.0. The lowest BCUT2D eigenvalue weighted by atomic mass is 10.3. The molecule has 0 aliphatic carbocycles. The zero-order valence-electron chi connectivity index (χ0n) is 12.0. The van der Waals surface area contributed by atoms with Gasteiger partial charge in [0.25, 0.3) is 0 Å². The van der Waals surface area contributed by atoms with E-state index >= 15 is 0 Å². The van der Waals surface area contributed by atoms with Gasteiger partial charge in [-0.15, -0.1) is 0 Å². The summed E-state index contributed by atoms with van der Waals surface area (Å²) in [5.41, 5.74) is 0. The number of carbonyl (C=O) groups excluding carboxylic acids is 1. The topological polar surface area (TPSA) is 83.1 Å². The molecule has 0 radical (unpaired) electrons. The minimum atomic E-state index is -2.68. The van der Waals surface area contributed by atoms with E-state index in [9.17, 15) is 9.36 Å². The normalized spacial score (nSPS) is 15.6. The first-order valence-corrected chi connectivity index (χ1v) is 7.86. The van der Waals surface area contributed by atoms with Crippen LogP contribution >= 0.6 is 8.18 Å². The molecule has 2 atom stereocenters. The van der Waals surface area contributed by atoms with Gasteiger partial charge in [-0.2, -0.15) is 0 Å². The summed E-state index contributed by atoms with van der Waals surface area (Å²) in [6.45, 7) is 5.15. The van der Waals surface area contributed by atoms with E-state index in [2.05, 4.69) is 5.09 Å². The monoisotopic (exact) mass is 315 g/mol. The van der Waals surface area contributed by atoms with Crippen molar-refractivity contribution in [1.29, 1.82) is 0 Å². The van der Waals surface area contributed by atoms with E-state index in [1.165, 1.54) is 0 Å². The molecule has 0 saturated heterocycles. The predicted octanol–water partition coefficient (Wildman–Crippen LogP) is 2.11. The number of rotatable bonds is 6. The van der Waals surface area contributed by atoms with Crippen LogP contribution in [-0.2, 0) is 14.1 Å². The quantitative estimate of drug-likeness (QED) is 0.636. The van der Waals surface area contributed by atoms with Crippen LogP contribution in [0.1, 0.15) is 20.8 Å². The fraction of sp³-hybridized carbons (Fsp3) is 0.462. The Morgan fingerprint density at radius 3 is 2.81 bits per heavy atom. The molecule has 1 unspecified atom stereocenters. The summed E-state index contributed by atoms with van der Waals surface area (Å²) in [6.07, 6.45) is -0.229. The van der Waals surface area contributed by atoms with Crippen molar-refractivity contribution in [3.63, 3.8) is 0 Å². The maximum atomic E-state index is 12.0. The number of fused-ring (bicyclic) bond motifs is 1. The van der Waals surface area contributed by atoms with E-state index in [-0.39, 0.29) is 12.9 Å². The molecule has 116 valence electrons. The fourth-order valence-corrected chi connectivity index (χ4v) is 2.57. The Morgan fingerprint density at radius 1 is 1.33 bits per heavy atom. The Bertz CT molecular complexity index is 547. The van der Waals surface area contributed by atoms with Gasteiger partial charge in [0.05, 0.1) is 6.10 Å². The van der Waals surface area contributed by atoms with Gasteiger partial charge in [0, 0.05) is 0 Å². The number of hydrogen-bond acceptors (Lipinski definition) is 6. The van der Waals surface area contributed by atoms with Crippen LogP contribution in [0, 0.1) is 0 Å². The molecule has 1 N–H and O–H groups in total. The highest BCUT2D eigenvalue weighted by Crippen LogP contribution is 2.43. The van der Waals surface area contributed by atoms with Gasteiger partial charge in [-0.25, -0.2) is 5.09 Å². The summed E-state index contributed by atoms with van der Waals surface area (Å²) in [5, 5.41) is 2.58. The molecule has 0 amide bonds. The highest BCUT2D eigenvalue weighted by Gasteiger charge is 2.22. The summed E-state index contributed by atoms with van der Waals surface area (Å²) in [6, 6.07) is 4.32. The highest BCUT2D eigenvalue weighted by molar-refractivity contribution is 7.37. The minimum Gasteiger partial charge on any atom is -0.462 e. The van der Waals surface area contributed by atoms with Crippen LogP contribution in [0.3, 0.4) is 0 Å². The Hall–Kier alpha value is -1.72. The van der Waals surface area contributed by atoms with Gasteiger partial charge in [-0.05, 0) is 32.9 Å². The molecule has 7 nitrogen and oxygen atoms in total. The lowest BCUT2D eigenvalue weighted by Crippen LogP contribution is -2.33. The molecule has 0 saturated carbocycles. The molecule has 0 fully saturated rings. The van der Waals surface area contributed by atoms with Crippen molar-refractivity contribution in [1.82, 2.24) is 5.09 Å². The van der Waals surface area contributed by atoms with Crippen LogP contribution in [0.4, 0.5) is 0 Å². The van der Waals surface area contributed by atoms with E-state index in [0.29, 0.717) is 17.2 Å². The number of carbonyl (C=O) groups is 1. The van der Waals surface area contributed by atoms with Crippen molar-refractivity contribution in [2.45, 2.75) is 32.9 Å². The van der Waals surface area contributed by atoms with Crippen LogP contribution in [0.5, 0.6) is 17.2 Å². The molecule has 21 heavy (non-hydrogen) atoms. The van der Waals surface area contributed by atoms with Crippen molar-refractivity contribution in [2.24, 2.45) is 0 Å². The zero-order valence-corrected chi connectivity index (χ0v) is 13.0. The van der Waals surface area contributed by atoms with E-state index in [0.717, 1.165) is 0 Å². The zero-order chi connectivity index (χ0) is 15.4. The van der Waals surface area contributed by atoms with Crippen LogP contribution in [0.2, 0.25) is 0 Å². The second-order valence-corrected chi connectivity index (χ2v) is 5.80. The van der Waals surface area contributed by atoms with Gasteiger partial charge >= 0.3 is 14.1 Å². The van der Waals surface area contributed by atoms with Crippen LogP contribution < -0.4 is 19.1 Å². The number of ether oxygens (including phenoxy) is 3. The molecule has 1 aliphatic rings. The third-order valence-electron chi connectivity index (χ3n) is 2.60. The first-order chi connectivity index (χ1) is 9.97. The molecule has 0 spiro atoms. The average Bonchev–Trinajstić information content (AvgIpc) is 2.87. The third-order valence-corrected chi connectivity index (χ3v) is 3.68. The second kappa shape index (κ2) is 6.83. The average molecular weight is 315 g/mol. The Labute approximate surface area is 123 Å². The van der Waals surface area contributed by atoms with Gasteiger partial charge in [-0.3, -0.25) is 9.36 Å². The van der Waals surface area contributed by atoms with E-state index < -0.39 is 20.2 Å². The van der Waals surface area contributed by atoms with Gasteiger partial charge in [-0.1, -0.05) is 6.07 Å². The molecule has 1 heterocycles. The first kappa shape index (κ1) is 15.7. The van der Waals surface area contributed by atoms with Crippen molar-refractivity contribution >= 4 is 14.1 Å². The van der Waals surface area contributed by atoms with Crippen molar-refractivity contribution < 1.29 is 28.1 Å².